The van der Waals surface area contributed by atoms with Gasteiger partial charge in [-0.25, -0.2) is 0 Å². The van der Waals surface area contributed by atoms with E-state index in [1.807, 2.05) is 24.3 Å². The number of nitrogens with one attached hydrogen (secondary N) is 1. The molecule has 4 nitrogen and oxygen atoms in total. The molecule has 4 heteroatoms. The van der Waals surface area contributed by atoms with Crippen LogP contribution in [0.15, 0.2) is 24.3 Å². The number of benzene rings is 1. The van der Waals surface area contributed by atoms with Crippen LogP contribution >= 0.6 is 0 Å². The van der Waals surface area contributed by atoms with Crippen molar-refractivity contribution in [3.63, 3.8) is 0 Å². The van der Waals surface area contributed by atoms with Gasteiger partial charge in [-0.15, -0.1) is 0 Å². The molecule has 1 aromatic carbocycles. The van der Waals surface area contributed by atoms with E-state index < -0.39 is 0 Å². The van der Waals surface area contributed by atoms with E-state index in [9.17, 15) is 0 Å². The van der Waals surface area contributed by atoms with Crippen molar-refractivity contribution in [2.75, 3.05) is 45.9 Å². The lowest BCUT2D eigenvalue weighted by Gasteiger charge is -2.10. The number of methoxy groups -OCH3 is 2. The van der Waals surface area contributed by atoms with Gasteiger partial charge in [0.15, 0.2) is 0 Å². The lowest BCUT2D eigenvalue weighted by atomic mass is 10.3. The van der Waals surface area contributed by atoms with E-state index in [2.05, 4.69) is 5.32 Å². The van der Waals surface area contributed by atoms with Gasteiger partial charge in [0.05, 0.1) is 19.4 Å². The molecule has 0 bridgehead atoms. The fourth-order valence-corrected chi connectivity index (χ4v) is 1.46. The average molecular weight is 239 g/mol. The Kier molecular flexibility index (Phi) is 7.18. The van der Waals surface area contributed by atoms with Gasteiger partial charge < -0.3 is 19.5 Å². The Balaban J connectivity index is 2.13. The largest absolute Gasteiger partial charge is 0.495 e. The Morgan fingerprint density at radius 3 is 2.65 bits per heavy atom. The minimum Gasteiger partial charge on any atom is -0.495 e. The van der Waals surface area contributed by atoms with E-state index in [0.717, 1.165) is 37.6 Å². The first-order valence-corrected chi connectivity index (χ1v) is 5.82. The van der Waals surface area contributed by atoms with Crippen LogP contribution < -0.4 is 10.1 Å². The summed E-state index contributed by atoms with van der Waals surface area (Å²) < 4.78 is 15.6. The van der Waals surface area contributed by atoms with E-state index in [-0.39, 0.29) is 0 Å². The first-order chi connectivity index (χ1) is 8.38. The van der Waals surface area contributed by atoms with Crippen molar-refractivity contribution < 1.29 is 14.2 Å². The van der Waals surface area contributed by atoms with Gasteiger partial charge in [-0.1, -0.05) is 12.1 Å². The Morgan fingerprint density at radius 1 is 1.06 bits per heavy atom. The Morgan fingerprint density at radius 2 is 1.88 bits per heavy atom. The lowest BCUT2D eigenvalue weighted by molar-refractivity contribution is 0.109. The predicted molar refractivity (Wildman–Crippen MR) is 68.8 cm³/mol. The minimum atomic E-state index is 0.682. The topological polar surface area (TPSA) is 39.7 Å². The van der Waals surface area contributed by atoms with Crippen molar-refractivity contribution in [1.82, 2.24) is 0 Å². The highest BCUT2D eigenvalue weighted by atomic mass is 16.5. The van der Waals surface area contributed by atoms with Gasteiger partial charge in [0.25, 0.3) is 0 Å². The molecule has 0 aliphatic heterocycles. The molecule has 0 saturated carbocycles. The molecule has 0 aromatic heterocycles. The smallest absolute Gasteiger partial charge is 0.141 e. The monoisotopic (exact) mass is 239 g/mol. The highest BCUT2D eigenvalue weighted by Crippen LogP contribution is 2.22. The highest BCUT2D eigenvalue weighted by Gasteiger charge is 1.99. The van der Waals surface area contributed by atoms with Gasteiger partial charge in [-0.3, -0.25) is 0 Å². The van der Waals surface area contributed by atoms with Crippen molar-refractivity contribution in [2.24, 2.45) is 0 Å². The van der Waals surface area contributed by atoms with Crippen molar-refractivity contribution in [3.8, 4) is 5.75 Å². The maximum Gasteiger partial charge on any atom is 0.141 e. The Hall–Kier alpha value is -1.26. The van der Waals surface area contributed by atoms with Gasteiger partial charge >= 0.3 is 0 Å². The van der Waals surface area contributed by atoms with Gasteiger partial charge in [0.1, 0.15) is 5.75 Å². The molecule has 0 heterocycles. The van der Waals surface area contributed by atoms with E-state index in [1.165, 1.54) is 0 Å². The zero-order valence-corrected chi connectivity index (χ0v) is 10.6. The van der Waals surface area contributed by atoms with Crippen LogP contribution in [0.25, 0.3) is 0 Å². The molecule has 0 atom stereocenters. The average Bonchev–Trinajstić information content (AvgIpc) is 2.38. The summed E-state index contributed by atoms with van der Waals surface area (Å²) in [6, 6.07) is 7.85. The molecular formula is C13H21NO3. The van der Waals surface area contributed by atoms with Crippen LogP contribution in [0.2, 0.25) is 0 Å². The minimum absolute atomic E-state index is 0.682. The SMILES string of the molecule is COCCCOCCNc1ccccc1OC. The molecule has 0 spiro atoms. The number of rotatable bonds is 9. The second-order valence-corrected chi connectivity index (χ2v) is 3.59. The third kappa shape index (κ3) is 5.56. The molecule has 0 radical (unpaired) electrons. The summed E-state index contributed by atoms with van der Waals surface area (Å²) in [7, 11) is 3.37. The van der Waals surface area contributed by atoms with E-state index in [0.29, 0.717) is 6.61 Å². The van der Waals surface area contributed by atoms with Crippen LogP contribution in [0.1, 0.15) is 6.42 Å². The number of hydrogen-bond donors (Lipinski definition) is 1. The Labute approximate surface area is 103 Å². The summed E-state index contributed by atoms with van der Waals surface area (Å²) >= 11 is 0. The molecular weight excluding hydrogens is 218 g/mol. The third-order valence-corrected chi connectivity index (χ3v) is 2.31. The van der Waals surface area contributed by atoms with Crippen LogP contribution in [-0.4, -0.2) is 40.6 Å². The maximum atomic E-state index is 5.45. The van der Waals surface area contributed by atoms with E-state index in [4.69, 9.17) is 14.2 Å². The van der Waals surface area contributed by atoms with E-state index in [1.54, 1.807) is 14.2 Å². The number of anilines is 1. The molecule has 1 rings (SSSR count). The van der Waals surface area contributed by atoms with Crippen LogP contribution in [0.3, 0.4) is 0 Å². The second-order valence-electron chi connectivity index (χ2n) is 3.59. The zero-order valence-electron chi connectivity index (χ0n) is 10.6. The number of para-hydroxylation sites is 2. The zero-order chi connectivity index (χ0) is 12.3. The summed E-state index contributed by atoms with van der Waals surface area (Å²) in [4.78, 5) is 0. The third-order valence-electron chi connectivity index (χ3n) is 2.31. The van der Waals surface area contributed by atoms with Gasteiger partial charge in [0, 0.05) is 26.9 Å². The standard InChI is InChI=1S/C13H21NO3/c1-15-9-5-10-17-11-8-14-12-6-3-4-7-13(12)16-2/h3-4,6-7,14H,5,8-11H2,1-2H3. The maximum absolute atomic E-state index is 5.45. The summed E-state index contributed by atoms with van der Waals surface area (Å²) in [6.45, 7) is 2.94. The summed E-state index contributed by atoms with van der Waals surface area (Å²) in [6.07, 6.45) is 0.936. The van der Waals surface area contributed by atoms with Crippen LogP contribution in [0.4, 0.5) is 5.69 Å². The molecule has 0 aliphatic rings. The lowest BCUT2D eigenvalue weighted by Crippen LogP contribution is -2.11. The first kappa shape index (κ1) is 13.8. The number of ether oxygens (including phenoxy) is 3. The molecule has 0 unspecified atom stereocenters. The second kappa shape index (κ2) is 8.84. The van der Waals surface area contributed by atoms with Crippen molar-refractivity contribution in [1.29, 1.82) is 0 Å². The van der Waals surface area contributed by atoms with Crippen molar-refractivity contribution in [2.45, 2.75) is 6.42 Å². The van der Waals surface area contributed by atoms with Gasteiger partial charge in [-0.2, -0.15) is 0 Å². The molecule has 0 fully saturated rings. The van der Waals surface area contributed by atoms with Crippen LogP contribution in [0.5, 0.6) is 5.75 Å². The Bertz CT molecular complexity index is 304. The van der Waals surface area contributed by atoms with Gasteiger partial charge in [-0.05, 0) is 18.6 Å². The van der Waals surface area contributed by atoms with E-state index >= 15 is 0 Å². The molecule has 0 saturated heterocycles. The quantitative estimate of drug-likeness (QED) is 0.670. The molecule has 1 N–H and O–H groups in total. The van der Waals surface area contributed by atoms with Gasteiger partial charge in [0.2, 0.25) is 0 Å². The fourth-order valence-electron chi connectivity index (χ4n) is 1.46. The fraction of sp³-hybridized carbons (Fsp3) is 0.538. The van der Waals surface area contributed by atoms with Crippen molar-refractivity contribution in [3.05, 3.63) is 24.3 Å². The normalized spacial score (nSPS) is 10.2. The highest BCUT2D eigenvalue weighted by molar-refractivity contribution is 5.55. The molecule has 1 aromatic rings. The molecule has 17 heavy (non-hydrogen) atoms. The summed E-state index contributed by atoms with van der Waals surface area (Å²) in [5, 5.41) is 3.27. The summed E-state index contributed by atoms with van der Waals surface area (Å²) in [5.74, 6) is 0.854. The predicted octanol–water partition coefficient (Wildman–Crippen LogP) is 2.16. The van der Waals surface area contributed by atoms with Crippen LogP contribution in [-0.2, 0) is 9.47 Å². The van der Waals surface area contributed by atoms with Crippen LogP contribution in [0, 0.1) is 0 Å². The molecule has 0 amide bonds. The first-order valence-electron chi connectivity index (χ1n) is 5.82. The number of hydrogen-bond acceptors (Lipinski definition) is 4. The summed E-state index contributed by atoms with van der Waals surface area (Å²) in [5.41, 5.74) is 0.996. The van der Waals surface area contributed by atoms with Crippen molar-refractivity contribution >= 4 is 5.69 Å². The molecule has 96 valence electrons. The molecule has 0 aliphatic carbocycles.